The van der Waals surface area contributed by atoms with Crippen LogP contribution in [0.3, 0.4) is 0 Å². The monoisotopic (exact) mass is 485 g/mol. The van der Waals surface area contributed by atoms with Crippen LogP contribution in [0.1, 0.15) is 43.4 Å². The molecule has 36 heavy (non-hydrogen) atoms. The van der Waals surface area contributed by atoms with E-state index in [1.807, 2.05) is 69.0 Å². The molecule has 2 aromatic carbocycles. The van der Waals surface area contributed by atoms with E-state index in [1.54, 1.807) is 13.1 Å². The number of carbonyl (C=O) groups excluding carboxylic acids is 3. The normalized spacial score (nSPS) is 22.8. The first-order valence-electron chi connectivity index (χ1n) is 12.1. The third kappa shape index (κ3) is 2.95. The molecule has 1 atom stereocenters. The zero-order valence-electron chi connectivity index (χ0n) is 21.6. The number of hydrogen-bond acceptors (Lipinski definition) is 6. The number of nitrogens with zero attached hydrogens (tertiary/aromatic N) is 2. The molecule has 0 radical (unpaired) electrons. The van der Waals surface area contributed by atoms with E-state index in [4.69, 9.17) is 10.5 Å². The number of hydrogen-bond donors (Lipinski definition) is 1. The van der Waals surface area contributed by atoms with Crippen molar-refractivity contribution in [3.8, 4) is 0 Å². The number of rotatable bonds is 2. The molecule has 1 unspecified atom stereocenters. The summed E-state index contributed by atoms with van der Waals surface area (Å²) in [5, 5.41) is 0. The summed E-state index contributed by atoms with van der Waals surface area (Å²) >= 11 is 0. The summed E-state index contributed by atoms with van der Waals surface area (Å²) in [4.78, 5) is 45.2. The zero-order chi connectivity index (χ0) is 26.2. The first-order valence-corrected chi connectivity index (χ1v) is 12.1. The third-order valence-electron chi connectivity index (χ3n) is 7.87. The molecule has 0 saturated heterocycles. The Kier molecular flexibility index (Phi) is 5.18. The van der Waals surface area contributed by atoms with Crippen molar-refractivity contribution in [2.75, 3.05) is 24.0 Å². The SMILES string of the molecule is COC(=O)C1=C(N)N(c2cccc(C)c2C)C2=C(C(=O)CC(C)(C)C2)C12C(=O)N(C)c1ccccc12. The van der Waals surface area contributed by atoms with Crippen molar-refractivity contribution < 1.29 is 19.1 Å². The molecule has 3 aliphatic rings. The molecule has 1 aliphatic carbocycles. The van der Waals surface area contributed by atoms with Gasteiger partial charge < -0.3 is 15.4 Å². The van der Waals surface area contributed by atoms with Crippen LogP contribution in [0.15, 0.2) is 65.1 Å². The molecule has 2 aliphatic heterocycles. The van der Waals surface area contributed by atoms with E-state index in [9.17, 15) is 14.4 Å². The molecule has 0 fully saturated rings. The highest BCUT2D eigenvalue weighted by Crippen LogP contribution is 2.58. The number of ketones is 1. The average Bonchev–Trinajstić information content (AvgIpc) is 3.03. The first kappa shape index (κ1) is 23.9. The van der Waals surface area contributed by atoms with Gasteiger partial charge in [0.25, 0.3) is 0 Å². The number of aryl methyl sites for hydroxylation is 1. The van der Waals surface area contributed by atoms with Crippen LogP contribution in [0, 0.1) is 19.3 Å². The fraction of sp³-hybridized carbons (Fsp3) is 0.345. The number of anilines is 2. The Morgan fingerprint density at radius 2 is 1.67 bits per heavy atom. The molecule has 1 spiro atoms. The molecule has 2 heterocycles. The van der Waals surface area contributed by atoms with Gasteiger partial charge in [-0.3, -0.25) is 14.5 Å². The van der Waals surface area contributed by atoms with Crippen LogP contribution in [-0.2, 0) is 24.5 Å². The largest absolute Gasteiger partial charge is 0.466 e. The lowest BCUT2D eigenvalue weighted by atomic mass is 9.60. The minimum Gasteiger partial charge on any atom is -0.466 e. The summed E-state index contributed by atoms with van der Waals surface area (Å²) in [7, 11) is 2.93. The molecular formula is C29H31N3O4. The van der Waals surface area contributed by atoms with E-state index >= 15 is 0 Å². The summed E-state index contributed by atoms with van der Waals surface area (Å²) in [6.45, 7) is 8.06. The number of amides is 1. The van der Waals surface area contributed by atoms with Gasteiger partial charge in [-0.05, 0) is 48.9 Å². The van der Waals surface area contributed by atoms with Crippen molar-refractivity contribution in [2.24, 2.45) is 11.1 Å². The lowest BCUT2D eigenvalue weighted by Gasteiger charge is -2.47. The predicted octanol–water partition coefficient (Wildman–Crippen LogP) is 4.02. The molecule has 186 valence electrons. The average molecular weight is 486 g/mol. The Morgan fingerprint density at radius 1 is 1.00 bits per heavy atom. The summed E-state index contributed by atoms with van der Waals surface area (Å²) in [6, 6.07) is 13.1. The number of ether oxygens (including phenoxy) is 1. The Bertz CT molecular complexity index is 1420. The molecule has 7 heteroatoms. The molecular weight excluding hydrogens is 454 g/mol. The molecule has 5 rings (SSSR count). The number of Topliss-reactive ketones (excluding diaryl/α,β-unsaturated/α-hetero) is 1. The van der Waals surface area contributed by atoms with Crippen LogP contribution < -0.4 is 15.5 Å². The Balaban J connectivity index is 1.97. The van der Waals surface area contributed by atoms with Crippen molar-refractivity contribution in [3.05, 3.63) is 81.8 Å². The summed E-state index contributed by atoms with van der Waals surface area (Å²) in [6.07, 6.45) is 0.763. The number of likely N-dealkylation sites (N-methyl/N-ethyl adjacent to an activating group) is 1. The minimum atomic E-state index is -1.67. The predicted molar refractivity (Wildman–Crippen MR) is 138 cm³/mol. The van der Waals surface area contributed by atoms with Gasteiger partial charge in [-0.2, -0.15) is 0 Å². The number of methoxy groups -OCH3 is 1. The molecule has 2 N–H and O–H groups in total. The lowest BCUT2D eigenvalue weighted by molar-refractivity contribution is -0.138. The van der Waals surface area contributed by atoms with E-state index in [-0.39, 0.29) is 34.9 Å². The standard InChI is InChI=1S/C29H31N3O4/c1-16-10-9-13-19(17(16)2)32-21-14-28(3,4)15-22(33)23(21)29(24(25(32)30)26(34)36-6)18-11-7-8-12-20(18)31(5)27(29)35/h7-13H,14-15,30H2,1-6H3. The molecule has 0 saturated carbocycles. The quantitative estimate of drug-likeness (QED) is 0.646. The molecule has 0 aromatic heterocycles. The van der Waals surface area contributed by atoms with Gasteiger partial charge in [-0.15, -0.1) is 0 Å². The Hall–Kier alpha value is -3.87. The summed E-state index contributed by atoms with van der Waals surface area (Å²) in [5.41, 5.74) is 9.84. The van der Waals surface area contributed by atoms with Gasteiger partial charge in [0.05, 0.1) is 12.8 Å². The second kappa shape index (κ2) is 7.82. The maximum absolute atomic E-state index is 14.3. The number of allylic oxidation sites excluding steroid dienone is 1. The van der Waals surface area contributed by atoms with E-state index in [2.05, 4.69) is 0 Å². The number of fused-ring (bicyclic) bond motifs is 3. The Labute approximate surface area is 211 Å². The van der Waals surface area contributed by atoms with Crippen LogP contribution in [-0.4, -0.2) is 31.8 Å². The van der Waals surface area contributed by atoms with Gasteiger partial charge >= 0.3 is 5.97 Å². The number of carbonyl (C=O) groups is 3. The van der Waals surface area contributed by atoms with Crippen LogP contribution in [0.5, 0.6) is 0 Å². The van der Waals surface area contributed by atoms with Crippen molar-refractivity contribution in [3.63, 3.8) is 0 Å². The lowest BCUT2D eigenvalue weighted by Crippen LogP contribution is -2.55. The second-order valence-electron chi connectivity index (χ2n) is 10.7. The van der Waals surface area contributed by atoms with Gasteiger partial charge in [0, 0.05) is 36.0 Å². The van der Waals surface area contributed by atoms with Crippen LogP contribution in [0.4, 0.5) is 11.4 Å². The van der Waals surface area contributed by atoms with Gasteiger partial charge in [-0.1, -0.05) is 44.2 Å². The first-order chi connectivity index (χ1) is 17.0. The fourth-order valence-electron chi connectivity index (χ4n) is 6.13. The van der Waals surface area contributed by atoms with Crippen molar-refractivity contribution in [2.45, 2.75) is 46.0 Å². The molecule has 0 bridgehead atoms. The maximum atomic E-state index is 14.3. The van der Waals surface area contributed by atoms with Crippen molar-refractivity contribution in [1.29, 1.82) is 0 Å². The second-order valence-corrected chi connectivity index (χ2v) is 10.7. The summed E-state index contributed by atoms with van der Waals surface area (Å²) < 4.78 is 5.23. The highest BCUT2D eigenvalue weighted by molar-refractivity contribution is 6.24. The van der Waals surface area contributed by atoms with Gasteiger partial charge in [0.15, 0.2) is 5.78 Å². The fourth-order valence-corrected chi connectivity index (χ4v) is 6.13. The van der Waals surface area contributed by atoms with Crippen LogP contribution in [0.25, 0.3) is 0 Å². The van der Waals surface area contributed by atoms with E-state index < -0.39 is 11.4 Å². The Morgan fingerprint density at radius 3 is 2.36 bits per heavy atom. The minimum absolute atomic E-state index is 0.0143. The van der Waals surface area contributed by atoms with Gasteiger partial charge in [-0.25, -0.2) is 4.79 Å². The molecule has 2 aromatic rings. The van der Waals surface area contributed by atoms with E-state index in [1.165, 1.54) is 12.0 Å². The number of nitrogens with two attached hydrogens (primary N) is 1. The molecule has 7 nitrogen and oxygen atoms in total. The van der Waals surface area contributed by atoms with Crippen LogP contribution in [0.2, 0.25) is 0 Å². The zero-order valence-corrected chi connectivity index (χ0v) is 21.6. The van der Waals surface area contributed by atoms with E-state index in [0.717, 1.165) is 16.8 Å². The molecule has 1 amide bonds. The van der Waals surface area contributed by atoms with Crippen molar-refractivity contribution in [1.82, 2.24) is 0 Å². The maximum Gasteiger partial charge on any atom is 0.339 e. The number of para-hydroxylation sites is 1. The summed E-state index contributed by atoms with van der Waals surface area (Å²) in [5.74, 6) is -1.17. The smallest absolute Gasteiger partial charge is 0.339 e. The highest BCUT2D eigenvalue weighted by Gasteiger charge is 2.64. The van der Waals surface area contributed by atoms with E-state index in [0.29, 0.717) is 28.9 Å². The van der Waals surface area contributed by atoms with Gasteiger partial charge in [0.2, 0.25) is 5.91 Å². The number of esters is 1. The van der Waals surface area contributed by atoms with Crippen molar-refractivity contribution >= 4 is 29.0 Å². The topological polar surface area (TPSA) is 92.9 Å². The third-order valence-corrected chi connectivity index (χ3v) is 7.87. The van der Waals surface area contributed by atoms with Gasteiger partial charge in [0.1, 0.15) is 16.8 Å². The number of benzene rings is 2. The van der Waals surface area contributed by atoms with Crippen LogP contribution >= 0.6 is 0 Å². The highest BCUT2D eigenvalue weighted by atomic mass is 16.5.